The molecule has 0 spiro atoms. The molecule has 0 aliphatic rings. The van der Waals surface area contributed by atoms with Crippen molar-refractivity contribution in [3.05, 3.63) is 30.6 Å². The molecule has 0 aliphatic carbocycles. The van der Waals surface area contributed by atoms with E-state index in [1.807, 2.05) is 24.5 Å². The van der Waals surface area contributed by atoms with Crippen LogP contribution < -0.4 is 4.90 Å². The number of aromatic nitrogens is 3. The Morgan fingerprint density at radius 3 is 2.78 bits per heavy atom. The highest BCUT2D eigenvalue weighted by molar-refractivity contribution is 6.05. The second-order valence-electron chi connectivity index (χ2n) is 7.43. The first-order valence-electron chi connectivity index (χ1n) is 9.77. The van der Waals surface area contributed by atoms with Gasteiger partial charge in [0.2, 0.25) is 0 Å². The summed E-state index contributed by atoms with van der Waals surface area (Å²) < 4.78 is 7.60. The topological polar surface area (TPSA) is 61.5 Å². The first kappa shape index (κ1) is 19.3. The van der Waals surface area contributed by atoms with Crippen molar-refractivity contribution in [3.8, 4) is 0 Å². The van der Waals surface area contributed by atoms with Crippen LogP contribution in [0.5, 0.6) is 0 Å². The highest BCUT2D eigenvalue weighted by Crippen LogP contribution is 2.27. The zero-order valence-corrected chi connectivity index (χ0v) is 16.7. The second-order valence-corrected chi connectivity index (χ2v) is 7.43. The molecule has 2 aromatic heterocycles. The number of fused-ring (bicyclic) bond motifs is 3. The molecule has 0 saturated heterocycles. The summed E-state index contributed by atoms with van der Waals surface area (Å²) in [6.45, 7) is 7.80. The van der Waals surface area contributed by atoms with Crippen LogP contribution in [0.2, 0.25) is 0 Å². The molecule has 1 aromatic carbocycles. The van der Waals surface area contributed by atoms with Crippen molar-refractivity contribution in [2.75, 3.05) is 13.7 Å². The monoisotopic (exact) mass is 369 g/mol. The van der Waals surface area contributed by atoms with Crippen molar-refractivity contribution < 1.29 is 14.4 Å². The lowest BCUT2D eigenvalue weighted by Crippen LogP contribution is -3.07. The Morgan fingerprint density at radius 1 is 1.26 bits per heavy atom. The number of amides is 1. The molecule has 0 bridgehead atoms. The summed E-state index contributed by atoms with van der Waals surface area (Å²) in [6.07, 6.45) is 4.58. The number of carbonyl (C=O) groups excluding carboxylic acids is 1. The molecule has 27 heavy (non-hydrogen) atoms. The number of pyridine rings is 1. The van der Waals surface area contributed by atoms with Crippen molar-refractivity contribution in [2.24, 2.45) is 5.92 Å². The number of para-hydroxylation sites is 1. The minimum atomic E-state index is -0.311. The fourth-order valence-electron chi connectivity index (χ4n) is 3.30. The summed E-state index contributed by atoms with van der Waals surface area (Å²) in [7, 11) is 1.78. The van der Waals surface area contributed by atoms with Gasteiger partial charge < -0.3 is 9.30 Å². The molecule has 6 nitrogen and oxygen atoms in total. The van der Waals surface area contributed by atoms with Crippen LogP contribution in [-0.4, -0.2) is 34.3 Å². The van der Waals surface area contributed by atoms with E-state index in [0.29, 0.717) is 23.2 Å². The van der Waals surface area contributed by atoms with Gasteiger partial charge in [-0.25, -0.2) is 4.98 Å². The number of hydrogen-bond acceptors (Lipinski definition) is 4. The molecule has 0 aliphatic heterocycles. The lowest BCUT2D eigenvalue weighted by atomic mass is 10.1. The number of quaternary nitrogens is 1. The van der Waals surface area contributed by atoms with Crippen LogP contribution in [0, 0.1) is 5.92 Å². The Labute approximate surface area is 160 Å². The van der Waals surface area contributed by atoms with Gasteiger partial charge >= 0.3 is 6.09 Å². The lowest BCUT2D eigenvalue weighted by molar-refractivity contribution is -0.729. The van der Waals surface area contributed by atoms with E-state index < -0.39 is 0 Å². The van der Waals surface area contributed by atoms with Gasteiger partial charge in [-0.05, 0) is 18.4 Å². The van der Waals surface area contributed by atoms with Crippen molar-refractivity contribution in [1.82, 2.24) is 14.5 Å². The van der Waals surface area contributed by atoms with Crippen LogP contribution in [0.3, 0.4) is 0 Å². The number of rotatable bonds is 7. The van der Waals surface area contributed by atoms with Crippen molar-refractivity contribution >= 4 is 33.8 Å². The quantitative estimate of drug-likeness (QED) is 0.645. The second kappa shape index (κ2) is 8.48. The Hall–Kier alpha value is -2.47. The zero-order chi connectivity index (χ0) is 19.4. The molecule has 1 atom stereocenters. The molecule has 3 aromatic rings. The van der Waals surface area contributed by atoms with Gasteiger partial charge in [0, 0.05) is 11.9 Å². The standard InChI is InChI=1S/C21H28N4O2/c1-5-6-9-12-27-21(26)24(4)20-18-19(25(14-22-18)13-15(2)3)16-10-7-8-11-17(16)23-20/h7-8,10-11,14-15H,5-6,9,12-13H2,1-4H3/p+1. The summed E-state index contributed by atoms with van der Waals surface area (Å²) in [5.74, 6) is 1.11. The minimum Gasteiger partial charge on any atom is -0.420 e. The molecule has 2 heterocycles. The van der Waals surface area contributed by atoms with E-state index in [9.17, 15) is 4.79 Å². The average molecular weight is 369 g/mol. The summed E-state index contributed by atoms with van der Waals surface area (Å²) in [5, 5.41) is 1.05. The molecule has 3 rings (SSSR count). The third-order valence-electron chi connectivity index (χ3n) is 4.66. The molecule has 0 saturated carbocycles. The molecule has 0 fully saturated rings. The van der Waals surface area contributed by atoms with Crippen molar-refractivity contribution in [3.63, 3.8) is 0 Å². The molecule has 6 heteroatoms. The number of unbranched alkanes of at least 4 members (excludes halogenated alkanes) is 2. The maximum Gasteiger partial charge on any atom is 0.520 e. The Kier molecular flexibility index (Phi) is 6.06. The van der Waals surface area contributed by atoms with Gasteiger partial charge in [-0.2, -0.15) is 14.7 Å². The van der Waals surface area contributed by atoms with Gasteiger partial charge in [-0.3, -0.25) is 0 Å². The smallest absolute Gasteiger partial charge is 0.420 e. The molecule has 1 N–H and O–H groups in total. The zero-order valence-electron chi connectivity index (χ0n) is 16.7. The molecule has 0 radical (unpaired) electrons. The van der Waals surface area contributed by atoms with E-state index >= 15 is 0 Å². The van der Waals surface area contributed by atoms with Crippen LogP contribution in [-0.2, 0) is 11.3 Å². The number of nitrogens with zero attached hydrogens (tertiary/aromatic N) is 3. The van der Waals surface area contributed by atoms with E-state index in [0.717, 1.165) is 47.7 Å². The molecule has 144 valence electrons. The van der Waals surface area contributed by atoms with Gasteiger partial charge in [0.05, 0.1) is 31.0 Å². The van der Waals surface area contributed by atoms with Crippen molar-refractivity contribution in [1.29, 1.82) is 0 Å². The molecule has 1 unspecified atom stereocenters. The Bertz CT molecular complexity index is 932. The van der Waals surface area contributed by atoms with Gasteiger partial charge in [0.25, 0.3) is 5.82 Å². The number of carbonyl (C=O) groups is 1. The molecule has 1 amide bonds. The van der Waals surface area contributed by atoms with Crippen LogP contribution in [0.15, 0.2) is 30.6 Å². The summed E-state index contributed by atoms with van der Waals surface area (Å²) in [6, 6.07) is 8.01. The number of alkyl carbamates (subject to hydrolysis) is 1. The SMILES string of the molecule is CCCCCOC(=O)[NH+](C)c1nc2ccccc2c2c1ncn2CC(C)C. The maximum atomic E-state index is 12.5. The van der Waals surface area contributed by atoms with E-state index in [2.05, 4.69) is 36.4 Å². The van der Waals surface area contributed by atoms with Crippen molar-refractivity contribution in [2.45, 2.75) is 46.6 Å². The average Bonchev–Trinajstić information content (AvgIpc) is 3.07. The highest BCUT2D eigenvalue weighted by atomic mass is 16.6. The Balaban J connectivity index is 2.01. The van der Waals surface area contributed by atoms with E-state index in [-0.39, 0.29) is 6.09 Å². The van der Waals surface area contributed by atoms with Gasteiger partial charge in [-0.15, -0.1) is 0 Å². The largest absolute Gasteiger partial charge is 0.520 e. The Morgan fingerprint density at radius 2 is 2.04 bits per heavy atom. The van der Waals surface area contributed by atoms with Gasteiger partial charge in [0.1, 0.15) is 0 Å². The minimum absolute atomic E-state index is 0.311. The van der Waals surface area contributed by atoms with Crippen LogP contribution in [0.1, 0.15) is 40.0 Å². The highest BCUT2D eigenvalue weighted by Gasteiger charge is 2.27. The van der Waals surface area contributed by atoms with Gasteiger partial charge in [-0.1, -0.05) is 51.8 Å². The fourth-order valence-corrected chi connectivity index (χ4v) is 3.30. The molecular weight excluding hydrogens is 340 g/mol. The number of benzene rings is 1. The normalized spacial score (nSPS) is 12.8. The summed E-state index contributed by atoms with van der Waals surface area (Å²) in [4.78, 5) is 22.4. The first-order chi connectivity index (χ1) is 13.0. The van der Waals surface area contributed by atoms with Gasteiger partial charge in [0.15, 0.2) is 5.52 Å². The van der Waals surface area contributed by atoms with Crippen LogP contribution in [0.4, 0.5) is 10.6 Å². The number of imidazole rings is 1. The van der Waals surface area contributed by atoms with Crippen LogP contribution >= 0.6 is 0 Å². The summed E-state index contributed by atoms with van der Waals surface area (Å²) >= 11 is 0. The predicted octanol–water partition coefficient (Wildman–Crippen LogP) is 3.71. The van der Waals surface area contributed by atoms with E-state index in [4.69, 9.17) is 9.72 Å². The third kappa shape index (κ3) is 4.11. The third-order valence-corrected chi connectivity index (χ3v) is 4.66. The number of ether oxygens (including phenoxy) is 1. The van der Waals surface area contributed by atoms with Crippen LogP contribution in [0.25, 0.3) is 21.9 Å². The van der Waals surface area contributed by atoms with E-state index in [1.54, 1.807) is 7.05 Å². The number of hydrogen-bond donors (Lipinski definition) is 1. The maximum absolute atomic E-state index is 12.5. The van der Waals surface area contributed by atoms with E-state index in [1.165, 1.54) is 0 Å². The predicted molar refractivity (Wildman–Crippen MR) is 107 cm³/mol. The first-order valence-corrected chi connectivity index (χ1v) is 9.77. The summed E-state index contributed by atoms with van der Waals surface area (Å²) in [5.41, 5.74) is 2.66. The molecular formula is C21H29N4O2+. The lowest BCUT2D eigenvalue weighted by Gasteiger charge is -2.13. The number of nitrogens with one attached hydrogen (secondary N) is 1. The fraction of sp³-hybridized carbons (Fsp3) is 0.476.